The van der Waals surface area contributed by atoms with Crippen molar-refractivity contribution in [3.05, 3.63) is 76.9 Å². The summed E-state index contributed by atoms with van der Waals surface area (Å²) in [6.45, 7) is 0.246. The average molecular weight is 311 g/mol. The highest BCUT2D eigenvalue weighted by Crippen LogP contribution is 2.19. The number of imidazole rings is 1. The number of aromatic nitrogens is 3. The summed E-state index contributed by atoms with van der Waals surface area (Å²) in [6, 6.07) is 9.93. The second kappa shape index (κ2) is 6.31. The Labute approximate surface area is 131 Å². The summed E-state index contributed by atoms with van der Waals surface area (Å²) in [5.74, 6) is -0.385. The molecule has 23 heavy (non-hydrogen) atoms. The van der Waals surface area contributed by atoms with E-state index in [2.05, 4.69) is 9.97 Å². The SMILES string of the molecule is O=c1[nH]cc(O)n1CC=Cc1ccc(-c2ccc(F)cc2)cn1. The summed E-state index contributed by atoms with van der Waals surface area (Å²) >= 11 is 0. The van der Waals surface area contributed by atoms with Crippen LogP contribution in [0, 0.1) is 5.82 Å². The smallest absolute Gasteiger partial charge is 0.328 e. The quantitative estimate of drug-likeness (QED) is 0.778. The summed E-state index contributed by atoms with van der Waals surface area (Å²) in [7, 11) is 0. The van der Waals surface area contributed by atoms with Crippen LogP contribution in [-0.2, 0) is 6.54 Å². The van der Waals surface area contributed by atoms with Gasteiger partial charge < -0.3 is 10.1 Å². The van der Waals surface area contributed by atoms with Crippen LogP contribution < -0.4 is 5.69 Å². The molecule has 0 spiro atoms. The van der Waals surface area contributed by atoms with Gasteiger partial charge in [-0.1, -0.05) is 24.3 Å². The van der Waals surface area contributed by atoms with Crippen LogP contribution in [0.3, 0.4) is 0 Å². The highest BCUT2D eigenvalue weighted by atomic mass is 19.1. The molecule has 0 atom stereocenters. The van der Waals surface area contributed by atoms with Gasteiger partial charge in [0.25, 0.3) is 0 Å². The first-order chi connectivity index (χ1) is 11.1. The van der Waals surface area contributed by atoms with E-state index in [1.807, 2.05) is 12.1 Å². The highest BCUT2D eigenvalue weighted by molar-refractivity contribution is 5.63. The van der Waals surface area contributed by atoms with Crippen LogP contribution >= 0.6 is 0 Å². The average Bonchev–Trinajstić information content (AvgIpc) is 2.88. The molecule has 0 unspecified atom stereocenters. The number of hydrogen-bond acceptors (Lipinski definition) is 3. The molecule has 0 aliphatic carbocycles. The lowest BCUT2D eigenvalue weighted by molar-refractivity contribution is 0.423. The number of aromatic hydroxyl groups is 1. The van der Waals surface area contributed by atoms with Crippen molar-refractivity contribution in [1.29, 1.82) is 0 Å². The van der Waals surface area contributed by atoms with Gasteiger partial charge in [0.1, 0.15) is 5.82 Å². The van der Waals surface area contributed by atoms with Crippen molar-refractivity contribution in [3.8, 4) is 17.0 Å². The lowest BCUT2D eigenvalue weighted by Crippen LogP contribution is -2.15. The van der Waals surface area contributed by atoms with Crippen molar-refractivity contribution in [2.24, 2.45) is 0 Å². The maximum absolute atomic E-state index is 12.9. The van der Waals surface area contributed by atoms with Gasteiger partial charge in [-0.15, -0.1) is 0 Å². The molecule has 0 bridgehead atoms. The first-order valence-corrected chi connectivity index (χ1v) is 6.99. The number of halogens is 1. The number of H-pyrrole nitrogens is 1. The maximum Gasteiger partial charge on any atom is 0.328 e. The van der Waals surface area contributed by atoms with Gasteiger partial charge in [0.05, 0.1) is 11.9 Å². The first-order valence-electron chi connectivity index (χ1n) is 6.99. The molecule has 1 aromatic carbocycles. The molecule has 5 nitrogen and oxygen atoms in total. The number of aromatic amines is 1. The molecule has 0 saturated heterocycles. The zero-order chi connectivity index (χ0) is 16.2. The molecule has 2 aromatic heterocycles. The molecular formula is C17H14FN3O2. The zero-order valence-corrected chi connectivity index (χ0v) is 12.1. The van der Waals surface area contributed by atoms with E-state index in [0.29, 0.717) is 0 Å². The lowest BCUT2D eigenvalue weighted by atomic mass is 10.1. The van der Waals surface area contributed by atoms with E-state index in [1.54, 1.807) is 30.5 Å². The van der Waals surface area contributed by atoms with E-state index in [4.69, 9.17) is 0 Å². The van der Waals surface area contributed by atoms with Gasteiger partial charge in [-0.3, -0.25) is 9.55 Å². The Balaban J connectivity index is 1.71. The third-order valence-corrected chi connectivity index (χ3v) is 3.39. The number of nitrogens with one attached hydrogen (secondary N) is 1. The van der Waals surface area contributed by atoms with Gasteiger partial charge in [0.15, 0.2) is 0 Å². The predicted octanol–water partition coefficient (Wildman–Crippen LogP) is 2.80. The molecule has 0 radical (unpaired) electrons. The van der Waals surface area contributed by atoms with Gasteiger partial charge in [-0.2, -0.15) is 0 Å². The third kappa shape index (κ3) is 3.37. The molecule has 0 amide bonds. The van der Waals surface area contributed by atoms with Gasteiger partial charge in [-0.05, 0) is 29.8 Å². The second-order valence-electron chi connectivity index (χ2n) is 4.94. The lowest BCUT2D eigenvalue weighted by Gasteiger charge is -2.02. The van der Waals surface area contributed by atoms with E-state index in [0.717, 1.165) is 16.8 Å². The van der Waals surface area contributed by atoms with Crippen molar-refractivity contribution < 1.29 is 9.50 Å². The monoisotopic (exact) mass is 311 g/mol. The highest BCUT2D eigenvalue weighted by Gasteiger charge is 2.01. The molecule has 6 heteroatoms. The Bertz CT molecular complexity index is 877. The predicted molar refractivity (Wildman–Crippen MR) is 85.4 cm³/mol. The van der Waals surface area contributed by atoms with Crippen LogP contribution in [0.25, 0.3) is 17.2 Å². The number of rotatable bonds is 4. The summed E-state index contributed by atoms with van der Waals surface area (Å²) in [4.78, 5) is 18.1. The van der Waals surface area contributed by atoms with Gasteiger partial charge in [-0.25, -0.2) is 9.18 Å². The third-order valence-electron chi connectivity index (χ3n) is 3.39. The molecule has 0 aliphatic heterocycles. The normalized spacial score (nSPS) is 11.2. The standard InChI is InChI=1S/C17H14FN3O2/c18-14-6-3-12(4-7-14)13-5-8-15(19-10-13)2-1-9-21-16(22)11-20-17(21)23/h1-8,10-11,22H,9H2,(H,20,23). The molecule has 0 fully saturated rings. The van der Waals surface area contributed by atoms with Gasteiger partial charge in [0, 0.05) is 18.3 Å². The fourth-order valence-electron chi connectivity index (χ4n) is 2.16. The Morgan fingerprint density at radius 2 is 1.91 bits per heavy atom. The zero-order valence-electron chi connectivity index (χ0n) is 12.1. The number of allylic oxidation sites excluding steroid dienone is 1. The molecule has 116 valence electrons. The summed E-state index contributed by atoms with van der Waals surface area (Å²) in [6.07, 6.45) is 6.43. The Morgan fingerprint density at radius 3 is 2.52 bits per heavy atom. The summed E-state index contributed by atoms with van der Waals surface area (Å²) < 4.78 is 14.1. The number of hydrogen-bond donors (Lipinski definition) is 2. The van der Waals surface area contributed by atoms with E-state index >= 15 is 0 Å². The first kappa shape index (κ1) is 14.8. The largest absolute Gasteiger partial charge is 0.493 e. The Morgan fingerprint density at radius 1 is 1.17 bits per heavy atom. The summed E-state index contributed by atoms with van der Waals surface area (Å²) in [5, 5.41) is 9.47. The minimum atomic E-state index is -0.369. The van der Waals surface area contributed by atoms with E-state index in [1.165, 1.54) is 22.9 Å². The van der Waals surface area contributed by atoms with Gasteiger partial charge in [0.2, 0.25) is 5.88 Å². The molecule has 0 saturated carbocycles. The molecule has 3 rings (SSSR count). The van der Waals surface area contributed by atoms with Crippen molar-refractivity contribution in [3.63, 3.8) is 0 Å². The molecule has 3 aromatic rings. The van der Waals surface area contributed by atoms with Crippen LogP contribution in [0.15, 0.2) is 59.7 Å². The molecular weight excluding hydrogens is 297 g/mol. The number of nitrogens with zero attached hydrogens (tertiary/aromatic N) is 2. The van der Waals surface area contributed by atoms with Crippen LogP contribution in [0.4, 0.5) is 4.39 Å². The molecule has 0 aliphatic rings. The van der Waals surface area contributed by atoms with Crippen molar-refractivity contribution in [2.45, 2.75) is 6.54 Å². The minimum absolute atomic E-state index is 0.112. The number of benzene rings is 1. The van der Waals surface area contributed by atoms with Crippen molar-refractivity contribution in [2.75, 3.05) is 0 Å². The van der Waals surface area contributed by atoms with Crippen LogP contribution in [-0.4, -0.2) is 19.6 Å². The van der Waals surface area contributed by atoms with E-state index in [9.17, 15) is 14.3 Å². The van der Waals surface area contributed by atoms with Crippen LogP contribution in [0.5, 0.6) is 5.88 Å². The molecule has 2 N–H and O–H groups in total. The van der Waals surface area contributed by atoms with Crippen LogP contribution in [0.1, 0.15) is 5.69 Å². The van der Waals surface area contributed by atoms with Crippen LogP contribution in [0.2, 0.25) is 0 Å². The van der Waals surface area contributed by atoms with E-state index in [-0.39, 0.29) is 23.9 Å². The Hall–Kier alpha value is -3.15. The molecule has 2 heterocycles. The summed E-state index contributed by atoms with van der Waals surface area (Å²) in [5.41, 5.74) is 2.13. The topological polar surface area (TPSA) is 70.9 Å². The Kier molecular flexibility index (Phi) is 4.05. The van der Waals surface area contributed by atoms with Crippen molar-refractivity contribution >= 4 is 6.08 Å². The fraction of sp³-hybridized carbons (Fsp3) is 0.0588. The van der Waals surface area contributed by atoms with Crippen molar-refractivity contribution in [1.82, 2.24) is 14.5 Å². The van der Waals surface area contributed by atoms with Gasteiger partial charge >= 0.3 is 5.69 Å². The maximum atomic E-state index is 12.9. The fourth-order valence-corrected chi connectivity index (χ4v) is 2.16. The second-order valence-corrected chi connectivity index (χ2v) is 4.94. The minimum Gasteiger partial charge on any atom is -0.493 e. The number of pyridine rings is 1. The van der Waals surface area contributed by atoms with E-state index < -0.39 is 0 Å².